The zero-order valence-electron chi connectivity index (χ0n) is 9.14. The molecule has 4 nitrogen and oxygen atoms in total. The number of benzene rings is 1. The van der Waals surface area contributed by atoms with E-state index in [-0.39, 0.29) is 5.25 Å². The molecule has 1 aromatic rings. The topological polar surface area (TPSA) is 55.4 Å². The molecule has 0 spiro atoms. The van der Waals surface area contributed by atoms with Gasteiger partial charge in [-0.2, -0.15) is 0 Å². The first-order valence-corrected chi connectivity index (χ1v) is 6.78. The van der Waals surface area contributed by atoms with E-state index < -0.39 is 9.84 Å². The van der Waals surface area contributed by atoms with Crippen molar-refractivity contribution < 1.29 is 13.2 Å². The van der Waals surface area contributed by atoms with Gasteiger partial charge >= 0.3 is 0 Å². The number of rotatable bonds is 3. The maximum Gasteiger partial charge on any atom is 0.186 e. The van der Waals surface area contributed by atoms with E-state index in [4.69, 9.17) is 4.74 Å². The Morgan fingerprint density at radius 1 is 1.38 bits per heavy atom. The number of ether oxygens (including phenoxy) is 1. The van der Waals surface area contributed by atoms with Crippen LogP contribution in [-0.4, -0.2) is 33.9 Å². The van der Waals surface area contributed by atoms with Gasteiger partial charge in [-0.3, -0.25) is 0 Å². The maximum atomic E-state index is 12.3. The number of hydrogen-bond donors (Lipinski definition) is 1. The second-order valence-electron chi connectivity index (χ2n) is 3.81. The predicted molar refractivity (Wildman–Crippen MR) is 61.5 cm³/mol. The summed E-state index contributed by atoms with van der Waals surface area (Å²) in [7, 11) is -1.78. The Morgan fingerprint density at radius 3 is 2.75 bits per heavy atom. The second-order valence-corrected chi connectivity index (χ2v) is 6.01. The van der Waals surface area contributed by atoms with Gasteiger partial charge < -0.3 is 10.1 Å². The molecule has 1 aromatic carbocycles. The lowest BCUT2D eigenvalue weighted by Crippen LogP contribution is -2.24. The molecule has 88 valence electrons. The molecule has 0 aliphatic carbocycles. The zero-order valence-corrected chi connectivity index (χ0v) is 9.96. The van der Waals surface area contributed by atoms with Gasteiger partial charge in [0.15, 0.2) is 9.84 Å². The summed E-state index contributed by atoms with van der Waals surface area (Å²) < 4.78 is 29.7. The quantitative estimate of drug-likeness (QED) is 0.851. The van der Waals surface area contributed by atoms with Gasteiger partial charge in [-0.15, -0.1) is 0 Å². The zero-order chi connectivity index (χ0) is 11.6. The Labute approximate surface area is 95.5 Å². The third-order valence-corrected chi connectivity index (χ3v) is 5.06. The van der Waals surface area contributed by atoms with E-state index in [1.54, 1.807) is 24.3 Å². The molecule has 16 heavy (non-hydrogen) atoms. The highest BCUT2D eigenvalue weighted by Gasteiger charge is 2.32. The Balaban J connectivity index is 2.42. The molecule has 0 aromatic heterocycles. The van der Waals surface area contributed by atoms with Gasteiger partial charge in [0.25, 0.3) is 0 Å². The van der Waals surface area contributed by atoms with Crippen LogP contribution in [0.5, 0.6) is 5.75 Å². The fraction of sp³-hybridized carbons (Fsp3) is 0.455. The molecule has 1 N–H and O–H groups in total. The van der Waals surface area contributed by atoms with Crippen molar-refractivity contribution in [3.63, 3.8) is 0 Å². The van der Waals surface area contributed by atoms with Crippen molar-refractivity contribution >= 4 is 9.84 Å². The first kappa shape index (κ1) is 11.4. The largest absolute Gasteiger partial charge is 0.495 e. The third kappa shape index (κ3) is 1.92. The summed E-state index contributed by atoms with van der Waals surface area (Å²) in [5.74, 6) is 0.425. The summed E-state index contributed by atoms with van der Waals surface area (Å²) in [5, 5.41) is 2.74. The molecule has 1 heterocycles. The molecule has 1 fully saturated rings. The van der Waals surface area contributed by atoms with Crippen molar-refractivity contribution in [1.29, 1.82) is 0 Å². The lowest BCUT2D eigenvalue weighted by molar-refractivity contribution is 0.402. The van der Waals surface area contributed by atoms with Crippen LogP contribution in [0.2, 0.25) is 0 Å². The van der Waals surface area contributed by atoms with Gasteiger partial charge in [0.2, 0.25) is 0 Å². The van der Waals surface area contributed by atoms with Crippen LogP contribution in [0, 0.1) is 0 Å². The van der Waals surface area contributed by atoms with Crippen molar-refractivity contribution in [3.8, 4) is 5.75 Å². The monoisotopic (exact) mass is 241 g/mol. The van der Waals surface area contributed by atoms with Crippen LogP contribution in [0.15, 0.2) is 29.2 Å². The Morgan fingerprint density at radius 2 is 2.12 bits per heavy atom. The number of methoxy groups -OCH3 is 1. The van der Waals surface area contributed by atoms with Crippen molar-refractivity contribution in [3.05, 3.63) is 24.3 Å². The van der Waals surface area contributed by atoms with Crippen molar-refractivity contribution in [2.24, 2.45) is 0 Å². The van der Waals surface area contributed by atoms with Gasteiger partial charge in [-0.1, -0.05) is 12.1 Å². The average molecular weight is 241 g/mol. The van der Waals surface area contributed by atoms with Gasteiger partial charge in [-0.05, 0) is 25.1 Å². The SMILES string of the molecule is COc1ccccc1S(=O)(=O)C1CCNC1. The molecule has 1 aliphatic heterocycles. The molecule has 1 unspecified atom stereocenters. The number of nitrogens with one attached hydrogen (secondary N) is 1. The highest BCUT2D eigenvalue weighted by Crippen LogP contribution is 2.28. The minimum absolute atomic E-state index is 0.297. The van der Waals surface area contributed by atoms with Gasteiger partial charge in [-0.25, -0.2) is 8.42 Å². The van der Waals surface area contributed by atoms with Gasteiger partial charge in [0.1, 0.15) is 10.6 Å². The van der Waals surface area contributed by atoms with Crippen LogP contribution in [0.4, 0.5) is 0 Å². The van der Waals surface area contributed by atoms with E-state index in [9.17, 15) is 8.42 Å². The van der Waals surface area contributed by atoms with Crippen LogP contribution in [-0.2, 0) is 9.84 Å². The number of hydrogen-bond acceptors (Lipinski definition) is 4. The van der Waals surface area contributed by atoms with E-state index in [2.05, 4.69) is 5.32 Å². The van der Waals surface area contributed by atoms with E-state index >= 15 is 0 Å². The lowest BCUT2D eigenvalue weighted by atomic mass is 10.3. The summed E-state index contributed by atoms with van der Waals surface area (Å²) in [6.45, 7) is 1.29. The average Bonchev–Trinajstić information content (AvgIpc) is 2.83. The summed E-state index contributed by atoms with van der Waals surface area (Å²) in [6.07, 6.45) is 0.667. The lowest BCUT2D eigenvalue weighted by Gasteiger charge is -2.13. The molecule has 0 radical (unpaired) electrons. The van der Waals surface area contributed by atoms with Gasteiger partial charge in [0, 0.05) is 6.54 Å². The van der Waals surface area contributed by atoms with E-state index in [0.717, 1.165) is 6.54 Å². The molecule has 0 saturated carbocycles. The highest BCUT2D eigenvalue weighted by molar-refractivity contribution is 7.92. The molecule has 1 atom stereocenters. The minimum Gasteiger partial charge on any atom is -0.495 e. The van der Waals surface area contributed by atoms with E-state index in [1.807, 2.05) is 0 Å². The minimum atomic E-state index is -3.27. The van der Waals surface area contributed by atoms with E-state index in [1.165, 1.54) is 7.11 Å². The summed E-state index contributed by atoms with van der Waals surface area (Å²) in [5.41, 5.74) is 0. The summed E-state index contributed by atoms with van der Waals surface area (Å²) in [6, 6.07) is 6.77. The molecule has 2 rings (SSSR count). The highest BCUT2D eigenvalue weighted by atomic mass is 32.2. The third-order valence-electron chi connectivity index (χ3n) is 2.83. The van der Waals surface area contributed by atoms with Crippen LogP contribution >= 0.6 is 0 Å². The van der Waals surface area contributed by atoms with Crippen LogP contribution in [0.3, 0.4) is 0 Å². The van der Waals surface area contributed by atoms with Gasteiger partial charge in [0.05, 0.1) is 12.4 Å². The van der Waals surface area contributed by atoms with Crippen molar-refractivity contribution in [2.45, 2.75) is 16.6 Å². The molecule has 1 saturated heterocycles. The first-order valence-electron chi connectivity index (χ1n) is 5.24. The molecule has 0 bridgehead atoms. The van der Waals surface area contributed by atoms with E-state index in [0.29, 0.717) is 23.6 Å². The van der Waals surface area contributed by atoms with Crippen LogP contribution in [0.25, 0.3) is 0 Å². The smallest absolute Gasteiger partial charge is 0.186 e. The summed E-state index contributed by atoms with van der Waals surface area (Å²) >= 11 is 0. The predicted octanol–water partition coefficient (Wildman–Crippen LogP) is 0.831. The normalized spacial score (nSPS) is 20.9. The number of para-hydroxylation sites is 1. The first-order chi connectivity index (χ1) is 7.66. The molecule has 1 aliphatic rings. The molecule has 5 heteroatoms. The summed E-state index contributed by atoms with van der Waals surface area (Å²) in [4.78, 5) is 0.297. The van der Waals surface area contributed by atoms with Crippen LogP contribution in [0.1, 0.15) is 6.42 Å². The molecular weight excluding hydrogens is 226 g/mol. The van der Waals surface area contributed by atoms with Crippen LogP contribution < -0.4 is 10.1 Å². The maximum absolute atomic E-state index is 12.3. The van der Waals surface area contributed by atoms with Crippen molar-refractivity contribution in [2.75, 3.05) is 20.2 Å². The Bertz CT molecular complexity index is 464. The molecular formula is C11H15NO3S. The Hall–Kier alpha value is -1.07. The van der Waals surface area contributed by atoms with Crippen molar-refractivity contribution in [1.82, 2.24) is 5.32 Å². The Kier molecular flexibility index (Phi) is 3.16. The standard InChI is InChI=1S/C11H15NO3S/c1-15-10-4-2-3-5-11(10)16(13,14)9-6-7-12-8-9/h2-5,9,12H,6-8H2,1H3. The number of sulfone groups is 1. The fourth-order valence-electron chi connectivity index (χ4n) is 1.93. The second kappa shape index (κ2) is 4.43. The molecule has 0 amide bonds. The fourth-order valence-corrected chi connectivity index (χ4v) is 3.75.